The highest BCUT2D eigenvalue weighted by molar-refractivity contribution is 5.54. The molecule has 7 heteroatoms. The van der Waals surface area contributed by atoms with Crippen LogP contribution in [0.15, 0.2) is 48.5 Å². The molecule has 0 amide bonds. The first-order valence-electron chi connectivity index (χ1n) is 14.7. The lowest BCUT2D eigenvalue weighted by Gasteiger charge is -2.37. The summed E-state index contributed by atoms with van der Waals surface area (Å²) >= 11 is 0. The normalized spacial score (nSPS) is 20.3. The van der Waals surface area contributed by atoms with Gasteiger partial charge in [0.15, 0.2) is 0 Å². The summed E-state index contributed by atoms with van der Waals surface area (Å²) < 4.78 is 5.64. The van der Waals surface area contributed by atoms with Crippen LogP contribution in [-0.4, -0.2) is 92.2 Å². The van der Waals surface area contributed by atoms with E-state index in [2.05, 4.69) is 91.2 Å². The maximum Gasteiger partial charge on any atom is 0.0751 e. The van der Waals surface area contributed by atoms with Gasteiger partial charge in [0, 0.05) is 63.5 Å². The number of nitrogens with zero attached hydrogens (tertiary/aromatic N) is 4. The Morgan fingerprint density at radius 1 is 0.974 bits per heavy atom. The number of aliphatic hydroxyl groups is 1. The van der Waals surface area contributed by atoms with Crippen LogP contribution in [0.3, 0.4) is 0 Å². The van der Waals surface area contributed by atoms with Crippen LogP contribution in [0.2, 0.25) is 0 Å². The molecular weight excluding hydrogens is 488 g/mol. The molecule has 2 aliphatic heterocycles. The van der Waals surface area contributed by atoms with Gasteiger partial charge in [0.05, 0.1) is 25.9 Å². The van der Waals surface area contributed by atoms with Crippen LogP contribution in [0, 0.1) is 11.8 Å². The van der Waals surface area contributed by atoms with E-state index in [1.54, 1.807) is 0 Å². The number of morpholine rings is 1. The molecule has 0 radical (unpaired) electrons. The van der Waals surface area contributed by atoms with E-state index in [0.29, 0.717) is 18.6 Å². The SMILES string of the molecule is CC(C)C[C@H](CN(C)C)N(Cc1cccc(CN2C[C@H]([C@H](C)O)CO2)c1)Cc1ccccc1N1CCOCC1. The number of hydroxylamine groups is 2. The van der Waals surface area contributed by atoms with Gasteiger partial charge in [-0.05, 0) is 56.1 Å². The van der Waals surface area contributed by atoms with Gasteiger partial charge in [-0.2, -0.15) is 5.06 Å². The first kappa shape index (κ1) is 30.0. The number of anilines is 1. The minimum atomic E-state index is -0.343. The highest BCUT2D eigenvalue weighted by atomic mass is 16.7. The van der Waals surface area contributed by atoms with Gasteiger partial charge < -0.3 is 19.6 Å². The van der Waals surface area contributed by atoms with Gasteiger partial charge >= 0.3 is 0 Å². The topological polar surface area (TPSA) is 51.7 Å². The number of hydrogen-bond acceptors (Lipinski definition) is 7. The predicted octanol–water partition coefficient (Wildman–Crippen LogP) is 4.25. The molecule has 2 heterocycles. The van der Waals surface area contributed by atoms with E-state index in [-0.39, 0.29) is 12.0 Å². The molecule has 0 aromatic heterocycles. The Morgan fingerprint density at radius 2 is 1.72 bits per heavy atom. The Bertz CT molecular complexity index is 998. The highest BCUT2D eigenvalue weighted by Crippen LogP contribution is 2.27. The van der Waals surface area contributed by atoms with Crippen molar-refractivity contribution in [3.8, 4) is 0 Å². The fourth-order valence-electron chi connectivity index (χ4n) is 5.83. The average molecular weight is 539 g/mol. The molecule has 4 rings (SSSR count). The van der Waals surface area contributed by atoms with Crippen LogP contribution in [0.25, 0.3) is 0 Å². The van der Waals surface area contributed by atoms with Crippen LogP contribution in [0.5, 0.6) is 0 Å². The molecule has 3 atom stereocenters. The van der Waals surface area contributed by atoms with E-state index < -0.39 is 0 Å². The first-order chi connectivity index (χ1) is 18.8. The number of benzene rings is 2. The van der Waals surface area contributed by atoms with Gasteiger partial charge in [-0.15, -0.1) is 0 Å². The molecule has 0 bridgehead atoms. The summed E-state index contributed by atoms with van der Waals surface area (Å²) in [6, 6.07) is 18.3. The van der Waals surface area contributed by atoms with Crippen molar-refractivity contribution in [1.82, 2.24) is 14.9 Å². The first-order valence-corrected chi connectivity index (χ1v) is 14.7. The van der Waals surface area contributed by atoms with Crippen molar-refractivity contribution >= 4 is 5.69 Å². The highest BCUT2D eigenvalue weighted by Gasteiger charge is 2.28. The van der Waals surface area contributed by atoms with E-state index in [9.17, 15) is 5.11 Å². The Hall–Kier alpha value is -2.00. The molecule has 2 aromatic carbocycles. The van der Waals surface area contributed by atoms with Crippen LogP contribution in [0.4, 0.5) is 5.69 Å². The zero-order valence-electron chi connectivity index (χ0n) is 24.8. The quantitative estimate of drug-likeness (QED) is 0.409. The molecule has 2 saturated heterocycles. The smallest absolute Gasteiger partial charge is 0.0751 e. The molecule has 0 aliphatic carbocycles. The zero-order valence-corrected chi connectivity index (χ0v) is 24.8. The molecule has 39 heavy (non-hydrogen) atoms. The molecule has 2 aromatic rings. The molecule has 2 fully saturated rings. The maximum absolute atomic E-state index is 9.95. The second kappa shape index (κ2) is 14.6. The van der Waals surface area contributed by atoms with Gasteiger partial charge in [-0.3, -0.25) is 9.74 Å². The number of ether oxygens (including phenoxy) is 1. The van der Waals surface area contributed by atoms with Crippen molar-refractivity contribution < 1.29 is 14.7 Å². The molecular formula is C32H50N4O3. The Morgan fingerprint density at radius 3 is 2.41 bits per heavy atom. The second-order valence-corrected chi connectivity index (χ2v) is 12.1. The van der Waals surface area contributed by atoms with Gasteiger partial charge in [0.25, 0.3) is 0 Å². The average Bonchev–Trinajstić information content (AvgIpc) is 3.37. The van der Waals surface area contributed by atoms with Crippen molar-refractivity contribution in [2.45, 2.75) is 59.0 Å². The van der Waals surface area contributed by atoms with Crippen LogP contribution in [0.1, 0.15) is 43.9 Å². The van der Waals surface area contributed by atoms with E-state index >= 15 is 0 Å². The maximum atomic E-state index is 9.95. The molecule has 7 nitrogen and oxygen atoms in total. The fourth-order valence-corrected chi connectivity index (χ4v) is 5.83. The lowest BCUT2D eigenvalue weighted by molar-refractivity contribution is -0.117. The van der Waals surface area contributed by atoms with Crippen molar-refractivity contribution in [2.24, 2.45) is 11.8 Å². The standard InChI is InChI=1S/C32H50N4O3/c1-25(2)17-31(23-33(4)5)35(21-29-11-6-7-12-32(29)34-13-15-38-16-14-34)19-27-9-8-10-28(18-27)20-36-22-30(24-39-36)26(3)37/h6-12,18,25-26,30-31,37H,13-17,19-24H2,1-5H3/t26-,30-,31+/m0/s1. The predicted molar refractivity (Wildman–Crippen MR) is 158 cm³/mol. The third-order valence-electron chi connectivity index (χ3n) is 7.88. The van der Waals surface area contributed by atoms with E-state index in [0.717, 1.165) is 65.4 Å². The molecule has 0 spiro atoms. The minimum absolute atomic E-state index is 0.179. The third kappa shape index (κ3) is 9.00. The summed E-state index contributed by atoms with van der Waals surface area (Å²) in [5.74, 6) is 0.797. The molecule has 0 saturated carbocycles. The number of para-hydroxylation sites is 1. The van der Waals surface area contributed by atoms with Gasteiger partial charge in [0.1, 0.15) is 0 Å². The summed E-state index contributed by atoms with van der Waals surface area (Å²) in [5.41, 5.74) is 5.31. The zero-order chi connectivity index (χ0) is 27.8. The summed E-state index contributed by atoms with van der Waals surface area (Å²) in [7, 11) is 4.37. The van der Waals surface area contributed by atoms with Gasteiger partial charge in [-0.25, -0.2) is 0 Å². The minimum Gasteiger partial charge on any atom is -0.393 e. The Kier molecular flexibility index (Phi) is 11.2. The molecule has 0 unspecified atom stereocenters. The number of likely N-dealkylation sites (N-methyl/N-ethyl adjacent to an activating group) is 1. The second-order valence-electron chi connectivity index (χ2n) is 12.1. The number of aliphatic hydroxyl groups excluding tert-OH is 1. The lowest BCUT2D eigenvalue weighted by atomic mass is 9.99. The van der Waals surface area contributed by atoms with E-state index in [4.69, 9.17) is 9.57 Å². The summed E-state index contributed by atoms with van der Waals surface area (Å²) in [6.45, 7) is 14.9. The number of rotatable bonds is 13. The van der Waals surface area contributed by atoms with E-state index in [1.165, 1.54) is 22.4 Å². The van der Waals surface area contributed by atoms with E-state index in [1.807, 2.05) is 12.0 Å². The fraction of sp³-hybridized carbons (Fsp3) is 0.625. The summed E-state index contributed by atoms with van der Waals surface area (Å²) in [4.78, 5) is 13.4. The Labute approximate surface area is 236 Å². The third-order valence-corrected chi connectivity index (χ3v) is 7.88. The van der Waals surface area contributed by atoms with Crippen LogP contribution in [-0.2, 0) is 29.2 Å². The van der Waals surface area contributed by atoms with Crippen molar-refractivity contribution in [3.63, 3.8) is 0 Å². The van der Waals surface area contributed by atoms with Crippen molar-refractivity contribution in [3.05, 3.63) is 65.2 Å². The largest absolute Gasteiger partial charge is 0.393 e. The monoisotopic (exact) mass is 538 g/mol. The lowest BCUT2D eigenvalue weighted by Crippen LogP contribution is -2.43. The molecule has 216 valence electrons. The van der Waals surface area contributed by atoms with Crippen LogP contribution < -0.4 is 4.90 Å². The summed E-state index contributed by atoms with van der Waals surface area (Å²) in [6.07, 6.45) is 0.810. The molecule has 2 aliphatic rings. The van der Waals surface area contributed by atoms with Crippen molar-refractivity contribution in [1.29, 1.82) is 0 Å². The molecule has 1 N–H and O–H groups in total. The number of hydrogen-bond donors (Lipinski definition) is 1. The van der Waals surface area contributed by atoms with Crippen LogP contribution >= 0.6 is 0 Å². The Balaban J connectivity index is 1.55. The van der Waals surface area contributed by atoms with Gasteiger partial charge in [-0.1, -0.05) is 56.3 Å². The summed E-state index contributed by atoms with van der Waals surface area (Å²) in [5, 5.41) is 12.0. The van der Waals surface area contributed by atoms with Crippen molar-refractivity contribution in [2.75, 3.05) is 65.0 Å². The van der Waals surface area contributed by atoms with Gasteiger partial charge in [0.2, 0.25) is 0 Å².